The van der Waals surface area contributed by atoms with Gasteiger partial charge in [0.2, 0.25) is 0 Å². The van der Waals surface area contributed by atoms with E-state index in [9.17, 15) is 4.39 Å². The van der Waals surface area contributed by atoms with Crippen molar-refractivity contribution in [2.75, 3.05) is 0 Å². The lowest BCUT2D eigenvalue weighted by Crippen LogP contribution is -1.96. The van der Waals surface area contributed by atoms with Crippen molar-refractivity contribution in [1.82, 2.24) is 9.97 Å². The summed E-state index contributed by atoms with van der Waals surface area (Å²) < 4.78 is 12.6. The van der Waals surface area contributed by atoms with E-state index in [1.165, 1.54) is 0 Å². The second-order valence-electron chi connectivity index (χ2n) is 3.13. The maximum absolute atomic E-state index is 12.6. The minimum absolute atomic E-state index is 0.433. The Labute approximate surface area is 86.8 Å². The normalized spacial score (nSPS) is 10.3. The Hall–Kier alpha value is -1.81. The zero-order valence-corrected chi connectivity index (χ0v) is 8.02. The Morgan fingerprint density at radius 1 is 1.07 bits per heavy atom. The number of aromatic nitrogens is 2. The highest BCUT2D eigenvalue weighted by Gasteiger charge is 2.00. The maximum atomic E-state index is 12.6. The number of nitrogens with zero attached hydrogens (tertiary/aromatic N) is 2. The standard InChI is InChI=1S/C11H10FN3/c12-10-6-14-11(15-7-10)9-3-1-8(5-13)2-4-9/h1-4,6-7H,5,13H2. The van der Waals surface area contributed by atoms with Crippen molar-refractivity contribution in [3.05, 3.63) is 48.0 Å². The molecule has 2 rings (SSSR count). The van der Waals surface area contributed by atoms with E-state index in [1.54, 1.807) is 0 Å². The molecule has 15 heavy (non-hydrogen) atoms. The van der Waals surface area contributed by atoms with Gasteiger partial charge in [0, 0.05) is 12.1 Å². The van der Waals surface area contributed by atoms with Gasteiger partial charge >= 0.3 is 0 Å². The van der Waals surface area contributed by atoms with Crippen LogP contribution in [-0.4, -0.2) is 9.97 Å². The van der Waals surface area contributed by atoms with Crippen molar-refractivity contribution >= 4 is 0 Å². The number of hydrogen-bond donors (Lipinski definition) is 1. The van der Waals surface area contributed by atoms with Gasteiger partial charge in [-0.3, -0.25) is 0 Å². The zero-order chi connectivity index (χ0) is 10.7. The summed E-state index contributed by atoms with van der Waals surface area (Å²) in [6.07, 6.45) is 2.30. The zero-order valence-electron chi connectivity index (χ0n) is 8.02. The molecule has 0 fully saturated rings. The second kappa shape index (κ2) is 4.14. The lowest BCUT2D eigenvalue weighted by molar-refractivity contribution is 0.614. The molecule has 1 aromatic heterocycles. The highest BCUT2D eigenvalue weighted by molar-refractivity contribution is 5.54. The van der Waals surface area contributed by atoms with E-state index >= 15 is 0 Å². The van der Waals surface area contributed by atoms with Crippen LogP contribution < -0.4 is 5.73 Å². The lowest BCUT2D eigenvalue weighted by Gasteiger charge is -2.00. The van der Waals surface area contributed by atoms with Gasteiger partial charge in [-0.15, -0.1) is 0 Å². The molecule has 1 aromatic carbocycles. The Kier molecular flexibility index (Phi) is 2.69. The topological polar surface area (TPSA) is 51.8 Å². The first kappa shape index (κ1) is 9.73. The molecule has 2 aromatic rings. The van der Waals surface area contributed by atoms with Crippen LogP contribution in [0.5, 0.6) is 0 Å². The van der Waals surface area contributed by atoms with Crippen LogP contribution in [0.3, 0.4) is 0 Å². The fourth-order valence-corrected chi connectivity index (χ4v) is 1.25. The van der Waals surface area contributed by atoms with Gasteiger partial charge in [0.15, 0.2) is 11.6 Å². The van der Waals surface area contributed by atoms with E-state index in [4.69, 9.17) is 5.73 Å². The number of hydrogen-bond acceptors (Lipinski definition) is 3. The van der Waals surface area contributed by atoms with Gasteiger partial charge in [-0.25, -0.2) is 14.4 Å². The average molecular weight is 203 g/mol. The summed E-state index contributed by atoms with van der Waals surface area (Å²) in [5.74, 6) is 0.0808. The number of halogens is 1. The van der Waals surface area contributed by atoms with E-state index in [1.807, 2.05) is 24.3 Å². The Balaban J connectivity index is 2.33. The molecular weight excluding hydrogens is 193 g/mol. The molecule has 0 saturated carbocycles. The van der Waals surface area contributed by atoms with Gasteiger partial charge in [0.1, 0.15) is 0 Å². The summed E-state index contributed by atoms with van der Waals surface area (Å²) in [6, 6.07) is 7.55. The molecule has 0 amide bonds. The van der Waals surface area contributed by atoms with Crippen LogP contribution in [0.25, 0.3) is 11.4 Å². The average Bonchev–Trinajstić information content (AvgIpc) is 2.30. The Morgan fingerprint density at radius 2 is 1.67 bits per heavy atom. The van der Waals surface area contributed by atoms with E-state index in [0.717, 1.165) is 23.5 Å². The third kappa shape index (κ3) is 2.16. The van der Waals surface area contributed by atoms with Gasteiger partial charge in [0.25, 0.3) is 0 Å². The summed E-state index contributed by atoms with van der Waals surface area (Å²) in [7, 11) is 0. The predicted molar refractivity (Wildman–Crippen MR) is 55.3 cm³/mol. The molecule has 0 saturated heterocycles. The molecule has 0 atom stereocenters. The van der Waals surface area contributed by atoms with Crippen molar-refractivity contribution in [2.24, 2.45) is 5.73 Å². The minimum Gasteiger partial charge on any atom is -0.326 e. The summed E-state index contributed by atoms with van der Waals surface area (Å²) in [5, 5.41) is 0. The molecule has 0 unspecified atom stereocenters. The molecule has 1 heterocycles. The van der Waals surface area contributed by atoms with Crippen molar-refractivity contribution in [3.8, 4) is 11.4 Å². The quantitative estimate of drug-likeness (QED) is 0.808. The van der Waals surface area contributed by atoms with Gasteiger partial charge in [-0.2, -0.15) is 0 Å². The molecule has 3 nitrogen and oxygen atoms in total. The van der Waals surface area contributed by atoms with Crippen LogP contribution in [0.2, 0.25) is 0 Å². The van der Waals surface area contributed by atoms with Gasteiger partial charge in [0.05, 0.1) is 12.4 Å². The van der Waals surface area contributed by atoms with E-state index < -0.39 is 5.82 Å². The molecule has 0 aliphatic heterocycles. The molecule has 4 heteroatoms. The molecule has 76 valence electrons. The van der Waals surface area contributed by atoms with Crippen LogP contribution in [0.1, 0.15) is 5.56 Å². The molecule has 2 N–H and O–H groups in total. The van der Waals surface area contributed by atoms with Crippen molar-refractivity contribution in [1.29, 1.82) is 0 Å². The number of rotatable bonds is 2. The maximum Gasteiger partial charge on any atom is 0.159 e. The summed E-state index contributed by atoms with van der Waals surface area (Å²) >= 11 is 0. The smallest absolute Gasteiger partial charge is 0.159 e. The summed E-state index contributed by atoms with van der Waals surface area (Å²) in [5.41, 5.74) is 7.37. The van der Waals surface area contributed by atoms with Crippen LogP contribution in [0, 0.1) is 5.82 Å². The fourth-order valence-electron chi connectivity index (χ4n) is 1.25. The molecule has 0 bridgehead atoms. The van der Waals surface area contributed by atoms with Gasteiger partial charge in [-0.05, 0) is 5.56 Å². The number of nitrogens with two attached hydrogens (primary N) is 1. The van der Waals surface area contributed by atoms with E-state index in [-0.39, 0.29) is 0 Å². The molecule has 0 aliphatic rings. The number of benzene rings is 1. The van der Waals surface area contributed by atoms with Crippen molar-refractivity contribution < 1.29 is 4.39 Å². The largest absolute Gasteiger partial charge is 0.326 e. The van der Waals surface area contributed by atoms with Crippen molar-refractivity contribution in [2.45, 2.75) is 6.54 Å². The monoisotopic (exact) mass is 203 g/mol. The SMILES string of the molecule is NCc1ccc(-c2ncc(F)cn2)cc1. The first-order valence-electron chi connectivity index (χ1n) is 4.56. The molecule has 0 aliphatic carbocycles. The van der Waals surface area contributed by atoms with Crippen LogP contribution in [0.15, 0.2) is 36.7 Å². The van der Waals surface area contributed by atoms with Crippen LogP contribution in [0.4, 0.5) is 4.39 Å². The first-order valence-corrected chi connectivity index (χ1v) is 4.56. The summed E-state index contributed by atoms with van der Waals surface area (Å²) in [4.78, 5) is 7.77. The second-order valence-corrected chi connectivity index (χ2v) is 3.13. The Morgan fingerprint density at radius 3 is 2.20 bits per heavy atom. The van der Waals surface area contributed by atoms with Gasteiger partial charge in [-0.1, -0.05) is 24.3 Å². The molecular formula is C11H10FN3. The van der Waals surface area contributed by atoms with E-state index in [2.05, 4.69) is 9.97 Å². The van der Waals surface area contributed by atoms with Crippen LogP contribution in [-0.2, 0) is 6.54 Å². The summed E-state index contributed by atoms with van der Waals surface area (Å²) in [6.45, 7) is 0.505. The lowest BCUT2D eigenvalue weighted by atomic mass is 10.1. The van der Waals surface area contributed by atoms with Crippen molar-refractivity contribution in [3.63, 3.8) is 0 Å². The minimum atomic E-state index is -0.433. The third-order valence-corrected chi connectivity index (χ3v) is 2.07. The van der Waals surface area contributed by atoms with Gasteiger partial charge < -0.3 is 5.73 Å². The molecule has 0 spiro atoms. The first-order chi connectivity index (χ1) is 7.29. The predicted octanol–water partition coefficient (Wildman–Crippen LogP) is 1.74. The fraction of sp³-hybridized carbons (Fsp3) is 0.0909. The highest BCUT2D eigenvalue weighted by Crippen LogP contribution is 2.14. The third-order valence-electron chi connectivity index (χ3n) is 2.07. The molecule has 0 radical (unpaired) electrons. The highest BCUT2D eigenvalue weighted by atomic mass is 19.1. The Bertz CT molecular complexity index is 436. The van der Waals surface area contributed by atoms with E-state index in [0.29, 0.717) is 12.4 Å². The van der Waals surface area contributed by atoms with Crippen LogP contribution >= 0.6 is 0 Å².